The smallest absolute Gasteiger partial charge is 0.341 e. The zero-order valence-electron chi connectivity index (χ0n) is 14.3. The summed E-state index contributed by atoms with van der Waals surface area (Å²) >= 11 is 0. The van der Waals surface area contributed by atoms with Crippen molar-refractivity contribution < 1.29 is 22.8 Å². The number of hydrogen-bond donors (Lipinski definition) is 1. The summed E-state index contributed by atoms with van der Waals surface area (Å²) in [4.78, 5) is 27.2. The number of likely N-dealkylation sites (tertiary alicyclic amines) is 1. The number of nitrogens with one attached hydrogen (secondary N) is 1. The van der Waals surface area contributed by atoms with E-state index in [-0.39, 0.29) is 12.5 Å². The van der Waals surface area contributed by atoms with Gasteiger partial charge in [-0.15, -0.1) is 0 Å². The monoisotopic (exact) mass is 357 g/mol. The number of carbonyl (C=O) groups excluding carboxylic acids is 2. The molecule has 25 heavy (non-hydrogen) atoms. The van der Waals surface area contributed by atoms with Crippen LogP contribution in [0.1, 0.15) is 36.9 Å². The normalized spacial score (nSPS) is 15.8. The van der Waals surface area contributed by atoms with E-state index in [2.05, 4.69) is 5.32 Å². The van der Waals surface area contributed by atoms with Crippen molar-refractivity contribution in [1.29, 1.82) is 0 Å². The molecule has 1 aromatic rings. The minimum Gasteiger partial charge on any atom is -0.341 e. The van der Waals surface area contributed by atoms with E-state index in [1.807, 2.05) is 0 Å². The maximum absolute atomic E-state index is 12.8. The van der Waals surface area contributed by atoms with Gasteiger partial charge in [-0.25, -0.2) is 4.79 Å². The first-order valence-electron chi connectivity index (χ1n) is 8.15. The second-order valence-electron chi connectivity index (χ2n) is 6.24. The van der Waals surface area contributed by atoms with Crippen molar-refractivity contribution in [2.45, 2.75) is 32.0 Å². The van der Waals surface area contributed by atoms with Crippen LogP contribution >= 0.6 is 0 Å². The van der Waals surface area contributed by atoms with Gasteiger partial charge in [-0.3, -0.25) is 4.79 Å². The van der Waals surface area contributed by atoms with Crippen LogP contribution in [-0.2, 0) is 11.0 Å². The minimum atomic E-state index is -4.43. The van der Waals surface area contributed by atoms with Crippen molar-refractivity contribution in [2.24, 2.45) is 0 Å². The molecule has 1 aliphatic heterocycles. The second-order valence-corrected chi connectivity index (χ2v) is 6.24. The first-order valence-corrected chi connectivity index (χ1v) is 8.15. The molecule has 138 valence electrons. The molecule has 1 heterocycles. The lowest BCUT2D eigenvalue weighted by atomic mass is 10.1. The zero-order valence-corrected chi connectivity index (χ0v) is 14.3. The lowest BCUT2D eigenvalue weighted by Gasteiger charge is -2.24. The Hall–Kier alpha value is -2.25. The number of benzene rings is 1. The highest BCUT2D eigenvalue weighted by Crippen LogP contribution is 2.30. The number of rotatable bonds is 4. The summed E-state index contributed by atoms with van der Waals surface area (Å²) in [5, 5.41) is 2.62. The third-order valence-electron chi connectivity index (χ3n) is 4.23. The van der Waals surface area contributed by atoms with E-state index in [1.54, 1.807) is 11.8 Å². The summed E-state index contributed by atoms with van der Waals surface area (Å²) in [6.45, 7) is 2.95. The van der Waals surface area contributed by atoms with E-state index in [0.717, 1.165) is 25.0 Å². The summed E-state index contributed by atoms with van der Waals surface area (Å²) in [7, 11) is 1.49. The fraction of sp³-hybridized carbons (Fsp3) is 0.529. The van der Waals surface area contributed by atoms with Crippen LogP contribution in [0.5, 0.6) is 0 Å². The number of urea groups is 1. The van der Waals surface area contributed by atoms with E-state index in [9.17, 15) is 22.8 Å². The predicted octanol–water partition coefficient (Wildman–Crippen LogP) is 3.03. The van der Waals surface area contributed by atoms with Gasteiger partial charge in [-0.1, -0.05) is 12.1 Å². The summed E-state index contributed by atoms with van der Waals surface area (Å²) in [5.74, 6) is -0.123. The SMILES string of the molecule is CC(NC(=O)N(C)CC(=O)N1CCCC1)c1cccc(C(F)(F)F)c1. The van der Waals surface area contributed by atoms with Crippen molar-refractivity contribution in [3.05, 3.63) is 35.4 Å². The van der Waals surface area contributed by atoms with Crippen LogP contribution in [0.3, 0.4) is 0 Å². The highest BCUT2D eigenvalue weighted by atomic mass is 19.4. The molecule has 1 atom stereocenters. The van der Waals surface area contributed by atoms with Crippen LogP contribution in [0.25, 0.3) is 0 Å². The van der Waals surface area contributed by atoms with Gasteiger partial charge in [-0.2, -0.15) is 13.2 Å². The van der Waals surface area contributed by atoms with Gasteiger partial charge in [0.2, 0.25) is 5.91 Å². The van der Waals surface area contributed by atoms with E-state index in [1.165, 1.54) is 24.1 Å². The number of nitrogens with zero attached hydrogens (tertiary/aromatic N) is 2. The number of likely N-dealkylation sites (N-methyl/N-ethyl adjacent to an activating group) is 1. The molecule has 1 aromatic carbocycles. The Morgan fingerprint density at radius 2 is 1.92 bits per heavy atom. The first kappa shape index (κ1) is 19.1. The molecule has 2 rings (SSSR count). The number of hydrogen-bond acceptors (Lipinski definition) is 2. The molecule has 5 nitrogen and oxygen atoms in total. The van der Waals surface area contributed by atoms with Crippen LogP contribution in [0.4, 0.5) is 18.0 Å². The van der Waals surface area contributed by atoms with Gasteiger partial charge in [0.1, 0.15) is 6.54 Å². The number of halogens is 3. The number of amides is 3. The van der Waals surface area contributed by atoms with Crippen LogP contribution in [-0.4, -0.2) is 48.4 Å². The Bertz CT molecular complexity index is 628. The molecule has 0 saturated carbocycles. The molecule has 0 radical (unpaired) electrons. The Morgan fingerprint density at radius 1 is 1.28 bits per heavy atom. The van der Waals surface area contributed by atoms with E-state index in [4.69, 9.17) is 0 Å². The van der Waals surface area contributed by atoms with Crippen molar-refractivity contribution in [2.75, 3.05) is 26.7 Å². The van der Waals surface area contributed by atoms with Crippen LogP contribution in [0, 0.1) is 0 Å². The predicted molar refractivity (Wildman–Crippen MR) is 86.8 cm³/mol. The van der Waals surface area contributed by atoms with Gasteiger partial charge in [0.15, 0.2) is 0 Å². The molecule has 1 aliphatic rings. The molecule has 0 aliphatic carbocycles. The average molecular weight is 357 g/mol. The van der Waals surface area contributed by atoms with Crippen molar-refractivity contribution in [1.82, 2.24) is 15.1 Å². The largest absolute Gasteiger partial charge is 0.416 e. The Morgan fingerprint density at radius 3 is 2.52 bits per heavy atom. The molecule has 0 spiro atoms. The highest BCUT2D eigenvalue weighted by Gasteiger charge is 2.31. The molecule has 1 N–H and O–H groups in total. The lowest BCUT2D eigenvalue weighted by molar-refractivity contribution is -0.137. The van der Waals surface area contributed by atoms with E-state index >= 15 is 0 Å². The fourth-order valence-electron chi connectivity index (χ4n) is 2.70. The van der Waals surface area contributed by atoms with E-state index < -0.39 is 23.8 Å². The van der Waals surface area contributed by atoms with Gasteiger partial charge >= 0.3 is 12.2 Å². The third kappa shape index (κ3) is 5.11. The summed E-state index contributed by atoms with van der Waals surface area (Å²) < 4.78 is 38.3. The maximum Gasteiger partial charge on any atom is 0.416 e. The molecule has 0 bridgehead atoms. The zero-order chi connectivity index (χ0) is 18.6. The minimum absolute atomic E-state index is 0.0544. The molecule has 1 unspecified atom stereocenters. The molecule has 0 aromatic heterocycles. The molecule has 3 amide bonds. The Labute approximate surface area is 144 Å². The molecule has 8 heteroatoms. The van der Waals surface area contributed by atoms with Crippen LogP contribution < -0.4 is 5.32 Å². The van der Waals surface area contributed by atoms with Gasteiger partial charge in [0.05, 0.1) is 11.6 Å². The lowest BCUT2D eigenvalue weighted by Crippen LogP contribution is -2.44. The quantitative estimate of drug-likeness (QED) is 0.901. The van der Waals surface area contributed by atoms with Crippen molar-refractivity contribution >= 4 is 11.9 Å². The standard InChI is InChI=1S/C17H22F3N3O2/c1-12(13-6-5-7-14(10-13)17(18,19)20)21-16(25)22(2)11-15(24)23-8-3-4-9-23/h5-7,10,12H,3-4,8-9,11H2,1-2H3,(H,21,25). The Kier molecular flexibility index (Phi) is 5.92. The third-order valence-corrected chi connectivity index (χ3v) is 4.23. The van der Waals surface area contributed by atoms with Crippen molar-refractivity contribution in [3.63, 3.8) is 0 Å². The van der Waals surface area contributed by atoms with E-state index in [0.29, 0.717) is 18.7 Å². The summed E-state index contributed by atoms with van der Waals surface area (Å²) in [5.41, 5.74) is -0.411. The fourth-order valence-corrected chi connectivity index (χ4v) is 2.70. The first-order chi connectivity index (χ1) is 11.7. The topological polar surface area (TPSA) is 52.7 Å². The molecular formula is C17H22F3N3O2. The van der Waals surface area contributed by atoms with Crippen LogP contribution in [0.15, 0.2) is 24.3 Å². The van der Waals surface area contributed by atoms with Gasteiger partial charge < -0.3 is 15.1 Å². The van der Waals surface area contributed by atoms with Crippen molar-refractivity contribution in [3.8, 4) is 0 Å². The molecule has 1 fully saturated rings. The van der Waals surface area contributed by atoms with Gasteiger partial charge in [-0.05, 0) is 37.5 Å². The maximum atomic E-state index is 12.8. The number of carbonyl (C=O) groups is 2. The van der Waals surface area contributed by atoms with Crippen LogP contribution in [0.2, 0.25) is 0 Å². The number of alkyl halides is 3. The summed E-state index contributed by atoms with van der Waals surface area (Å²) in [6.07, 6.45) is -2.50. The average Bonchev–Trinajstić information content (AvgIpc) is 3.08. The second kappa shape index (κ2) is 7.76. The highest BCUT2D eigenvalue weighted by molar-refractivity contribution is 5.84. The van der Waals surface area contributed by atoms with Gasteiger partial charge in [0, 0.05) is 20.1 Å². The Balaban J connectivity index is 1.94. The molecular weight excluding hydrogens is 335 g/mol. The molecule has 1 saturated heterocycles. The van der Waals surface area contributed by atoms with Gasteiger partial charge in [0.25, 0.3) is 0 Å². The summed E-state index contributed by atoms with van der Waals surface area (Å²) in [6, 6.07) is 3.72.